The number of fused-ring (bicyclic) bond motifs is 2. The maximum absolute atomic E-state index is 12.6. The fraction of sp³-hybridized carbons (Fsp3) is 0.611. The van der Waals surface area contributed by atoms with E-state index in [0.717, 1.165) is 18.4 Å². The van der Waals surface area contributed by atoms with Crippen molar-refractivity contribution < 1.29 is 4.79 Å². The molecule has 2 bridgehead atoms. The lowest BCUT2D eigenvalue weighted by Crippen LogP contribution is -2.50. The van der Waals surface area contributed by atoms with E-state index in [4.69, 9.17) is 5.73 Å². The van der Waals surface area contributed by atoms with Crippen LogP contribution in [0.25, 0.3) is 0 Å². The van der Waals surface area contributed by atoms with Crippen LogP contribution in [-0.2, 0) is 4.79 Å². The molecule has 1 aromatic carbocycles. The summed E-state index contributed by atoms with van der Waals surface area (Å²) >= 11 is 0. The molecule has 2 saturated heterocycles. The molecule has 3 unspecified atom stereocenters. The molecule has 2 fully saturated rings. The topological polar surface area (TPSA) is 58.4 Å². The number of nitrogens with two attached hydrogens (primary N) is 1. The summed E-state index contributed by atoms with van der Waals surface area (Å²) in [6.07, 6.45) is 4.69. The van der Waals surface area contributed by atoms with Gasteiger partial charge < -0.3 is 16.0 Å². The Morgan fingerprint density at radius 1 is 1.27 bits per heavy atom. The third-order valence-electron chi connectivity index (χ3n) is 5.48. The summed E-state index contributed by atoms with van der Waals surface area (Å²) in [6, 6.07) is 9.71. The number of nitrogens with one attached hydrogen (secondary N) is 1. The molecule has 0 radical (unpaired) electrons. The lowest BCUT2D eigenvalue weighted by molar-refractivity contribution is -0.123. The highest BCUT2D eigenvalue weighted by Crippen LogP contribution is 2.34. The second kappa shape index (κ2) is 6.39. The van der Waals surface area contributed by atoms with E-state index in [9.17, 15) is 4.79 Å². The summed E-state index contributed by atoms with van der Waals surface area (Å²) in [4.78, 5) is 15.1. The smallest absolute Gasteiger partial charge is 0.229 e. The third-order valence-corrected chi connectivity index (χ3v) is 5.48. The molecule has 3 rings (SSSR count). The van der Waals surface area contributed by atoms with E-state index in [2.05, 4.69) is 24.2 Å². The average Bonchev–Trinajstić information content (AvgIpc) is 2.72. The van der Waals surface area contributed by atoms with Gasteiger partial charge in [0.1, 0.15) is 0 Å². The Morgan fingerprint density at radius 2 is 1.86 bits per heavy atom. The molecular formula is C18H27N3O. The summed E-state index contributed by atoms with van der Waals surface area (Å²) in [5.41, 5.74) is 8.08. The monoisotopic (exact) mass is 301 g/mol. The molecule has 0 saturated carbocycles. The van der Waals surface area contributed by atoms with Crippen LogP contribution in [0.5, 0.6) is 0 Å². The van der Waals surface area contributed by atoms with Crippen molar-refractivity contribution in [2.75, 3.05) is 13.6 Å². The molecule has 0 aliphatic carbocycles. The standard InChI is InChI=1S/C18H27N3O/c1-12-3-5-13(6-4-12)17(11-19)18(22)20-14-9-15-7-8-16(10-14)21(15)2/h3-6,14-17H,7-11,19H2,1-2H3,(H,20,22). The maximum atomic E-state index is 12.6. The number of aryl methyl sites for hydroxylation is 1. The maximum Gasteiger partial charge on any atom is 0.229 e. The van der Waals surface area contributed by atoms with Crippen LogP contribution < -0.4 is 11.1 Å². The second-order valence-electron chi connectivity index (χ2n) is 6.93. The lowest BCUT2D eigenvalue weighted by Gasteiger charge is -2.37. The minimum Gasteiger partial charge on any atom is -0.353 e. The van der Waals surface area contributed by atoms with Gasteiger partial charge >= 0.3 is 0 Å². The van der Waals surface area contributed by atoms with Crippen molar-refractivity contribution in [1.29, 1.82) is 0 Å². The van der Waals surface area contributed by atoms with E-state index in [1.54, 1.807) is 0 Å². The highest BCUT2D eigenvalue weighted by Gasteiger charge is 2.39. The Labute approximate surface area is 133 Å². The number of nitrogens with zero attached hydrogens (tertiary/aromatic N) is 1. The van der Waals surface area contributed by atoms with Crippen LogP contribution in [0.15, 0.2) is 24.3 Å². The predicted octanol–water partition coefficient (Wildman–Crippen LogP) is 1.78. The van der Waals surface area contributed by atoms with E-state index in [1.807, 2.05) is 24.3 Å². The number of carbonyl (C=O) groups excluding carboxylic acids is 1. The minimum atomic E-state index is -0.238. The Hall–Kier alpha value is -1.39. The first-order valence-corrected chi connectivity index (χ1v) is 8.37. The van der Waals surface area contributed by atoms with E-state index in [-0.39, 0.29) is 11.8 Å². The van der Waals surface area contributed by atoms with Crippen LogP contribution in [0.4, 0.5) is 0 Å². The number of piperidine rings is 1. The summed E-state index contributed by atoms with van der Waals surface area (Å²) in [5, 5.41) is 3.26. The molecule has 0 spiro atoms. The highest BCUT2D eigenvalue weighted by molar-refractivity contribution is 5.84. The van der Waals surface area contributed by atoms with Gasteiger partial charge in [0.2, 0.25) is 5.91 Å². The van der Waals surface area contributed by atoms with Gasteiger partial charge in [0.15, 0.2) is 0 Å². The first-order valence-electron chi connectivity index (χ1n) is 8.37. The molecule has 0 aromatic heterocycles. The van der Waals surface area contributed by atoms with Crippen molar-refractivity contribution in [2.45, 2.75) is 56.7 Å². The zero-order valence-electron chi connectivity index (χ0n) is 13.6. The van der Waals surface area contributed by atoms with Gasteiger partial charge in [0.05, 0.1) is 5.92 Å². The van der Waals surface area contributed by atoms with Crippen LogP contribution in [-0.4, -0.2) is 42.5 Å². The molecule has 1 aromatic rings. The zero-order chi connectivity index (χ0) is 15.7. The van der Waals surface area contributed by atoms with Gasteiger partial charge in [-0.1, -0.05) is 29.8 Å². The van der Waals surface area contributed by atoms with E-state index >= 15 is 0 Å². The Morgan fingerprint density at radius 3 is 2.41 bits per heavy atom. The lowest BCUT2D eigenvalue weighted by atomic mass is 9.94. The molecule has 2 heterocycles. The van der Waals surface area contributed by atoms with E-state index in [1.165, 1.54) is 18.4 Å². The Balaban J connectivity index is 1.64. The van der Waals surface area contributed by atoms with Gasteiger partial charge in [-0.05, 0) is 45.2 Å². The first-order chi connectivity index (χ1) is 10.6. The highest BCUT2D eigenvalue weighted by atomic mass is 16.2. The van der Waals surface area contributed by atoms with Crippen molar-refractivity contribution in [1.82, 2.24) is 10.2 Å². The van der Waals surface area contributed by atoms with Crippen LogP contribution in [0.1, 0.15) is 42.7 Å². The number of carbonyl (C=O) groups is 1. The van der Waals surface area contributed by atoms with E-state index < -0.39 is 0 Å². The van der Waals surface area contributed by atoms with E-state index in [0.29, 0.717) is 24.7 Å². The quantitative estimate of drug-likeness (QED) is 0.891. The van der Waals surface area contributed by atoms with Crippen molar-refractivity contribution in [3.63, 3.8) is 0 Å². The molecule has 2 aliphatic heterocycles. The molecule has 4 heteroatoms. The molecule has 3 atom stereocenters. The third kappa shape index (κ3) is 3.03. The summed E-state index contributed by atoms with van der Waals surface area (Å²) in [5.74, 6) is -0.154. The number of hydrogen-bond donors (Lipinski definition) is 2. The first kappa shape index (κ1) is 15.5. The van der Waals surface area contributed by atoms with Crippen molar-refractivity contribution in [2.24, 2.45) is 5.73 Å². The minimum absolute atomic E-state index is 0.0836. The number of amides is 1. The summed E-state index contributed by atoms with van der Waals surface area (Å²) < 4.78 is 0. The summed E-state index contributed by atoms with van der Waals surface area (Å²) in [7, 11) is 2.22. The predicted molar refractivity (Wildman–Crippen MR) is 88.7 cm³/mol. The molecule has 1 amide bonds. The number of rotatable bonds is 4. The fourth-order valence-corrected chi connectivity index (χ4v) is 4.02. The van der Waals surface area contributed by atoms with Crippen molar-refractivity contribution >= 4 is 5.91 Å². The Kier molecular flexibility index (Phi) is 4.50. The fourth-order valence-electron chi connectivity index (χ4n) is 4.02. The van der Waals surface area contributed by atoms with Crippen molar-refractivity contribution in [3.8, 4) is 0 Å². The largest absolute Gasteiger partial charge is 0.353 e. The zero-order valence-corrected chi connectivity index (χ0v) is 13.6. The average molecular weight is 301 g/mol. The number of benzene rings is 1. The van der Waals surface area contributed by atoms with Crippen LogP contribution in [0.3, 0.4) is 0 Å². The molecular weight excluding hydrogens is 274 g/mol. The van der Waals surface area contributed by atoms with Gasteiger partial charge in [-0.2, -0.15) is 0 Å². The molecule has 4 nitrogen and oxygen atoms in total. The van der Waals surface area contributed by atoms with Crippen molar-refractivity contribution in [3.05, 3.63) is 35.4 Å². The van der Waals surface area contributed by atoms with Crippen LogP contribution in [0, 0.1) is 6.92 Å². The molecule has 2 aliphatic rings. The normalized spacial score (nSPS) is 29.3. The Bertz CT molecular complexity index is 514. The van der Waals surface area contributed by atoms with Crippen LogP contribution >= 0.6 is 0 Å². The molecule has 22 heavy (non-hydrogen) atoms. The summed E-state index contributed by atoms with van der Waals surface area (Å²) in [6.45, 7) is 2.41. The number of hydrogen-bond acceptors (Lipinski definition) is 3. The second-order valence-corrected chi connectivity index (χ2v) is 6.93. The van der Waals surface area contributed by atoms with Gasteiger partial charge in [0.25, 0.3) is 0 Å². The SMILES string of the molecule is Cc1ccc(C(CN)C(=O)NC2CC3CCC(C2)N3C)cc1. The van der Waals surface area contributed by atoms with Crippen LogP contribution in [0.2, 0.25) is 0 Å². The van der Waals surface area contributed by atoms with Gasteiger partial charge in [-0.25, -0.2) is 0 Å². The molecule has 3 N–H and O–H groups in total. The van der Waals surface area contributed by atoms with Gasteiger partial charge in [-0.3, -0.25) is 4.79 Å². The molecule has 120 valence electrons. The van der Waals surface area contributed by atoms with Gasteiger partial charge in [0, 0.05) is 24.7 Å². The van der Waals surface area contributed by atoms with Gasteiger partial charge in [-0.15, -0.1) is 0 Å².